The largest absolute Gasteiger partial charge is 0.326 e. The number of nitrogens with zero attached hydrogens (tertiary/aromatic N) is 3. The van der Waals surface area contributed by atoms with Crippen molar-refractivity contribution >= 4 is 23.2 Å². The van der Waals surface area contributed by atoms with E-state index in [9.17, 15) is 0 Å². The van der Waals surface area contributed by atoms with Crippen LogP contribution in [0.3, 0.4) is 0 Å². The van der Waals surface area contributed by atoms with Crippen LogP contribution in [0.5, 0.6) is 0 Å². The Morgan fingerprint density at radius 3 is 2.64 bits per heavy atom. The highest BCUT2D eigenvalue weighted by Gasteiger charge is 2.11. The molecule has 0 aliphatic heterocycles. The zero-order valence-corrected chi connectivity index (χ0v) is 13.4. The van der Waals surface area contributed by atoms with Gasteiger partial charge in [-0.25, -0.2) is 9.67 Å². The normalized spacial score (nSPS) is 10.9. The van der Waals surface area contributed by atoms with E-state index in [0.717, 1.165) is 22.4 Å². The van der Waals surface area contributed by atoms with E-state index in [1.54, 1.807) is 11.0 Å². The summed E-state index contributed by atoms with van der Waals surface area (Å²) in [5.74, 6) is 0.553. The molecule has 6 heteroatoms. The highest BCUT2D eigenvalue weighted by atomic mass is 35.5. The number of halogens is 2. The molecule has 0 aliphatic carbocycles. The number of hydrogen-bond acceptors (Lipinski definition) is 3. The summed E-state index contributed by atoms with van der Waals surface area (Å²) < 4.78 is 1.67. The van der Waals surface area contributed by atoms with Crippen LogP contribution < -0.4 is 5.73 Å². The van der Waals surface area contributed by atoms with E-state index in [1.807, 2.05) is 43.3 Å². The molecular formula is C16H14Cl2N4. The summed E-state index contributed by atoms with van der Waals surface area (Å²) in [4.78, 5) is 4.33. The third-order valence-electron chi connectivity index (χ3n) is 3.42. The summed E-state index contributed by atoms with van der Waals surface area (Å²) in [7, 11) is 0. The molecule has 1 aromatic heterocycles. The van der Waals surface area contributed by atoms with Crippen molar-refractivity contribution in [2.24, 2.45) is 5.73 Å². The molecule has 2 aromatic carbocycles. The van der Waals surface area contributed by atoms with Crippen molar-refractivity contribution in [1.82, 2.24) is 14.8 Å². The first-order chi connectivity index (χ1) is 10.6. The Kier molecular flexibility index (Phi) is 4.16. The molecule has 2 N–H and O–H groups in total. The first kappa shape index (κ1) is 15.0. The molecule has 112 valence electrons. The fraction of sp³-hybridized carbons (Fsp3) is 0.125. The van der Waals surface area contributed by atoms with E-state index in [2.05, 4.69) is 10.1 Å². The average Bonchev–Trinajstić information content (AvgIpc) is 3.00. The molecule has 0 saturated carbocycles. The van der Waals surface area contributed by atoms with Gasteiger partial charge in [-0.15, -0.1) is 5.10 Å². The third kappa shape index (κ3) is 2.86. The summed E-state index contributed by atoms with van der Waals surface area (Å²) in [6.07, 6.45) is 1.64. The number of hydrogen-bond donors (Lipinski definition) is 1. The Labute approximate surface area is 138 Å². The van der Waals surface area contributed by atoms with Crippen LogP contribution in [0.2, 0.25) is 10.0 Å². The number of aromatic nitrogens is 3. The summed E-state index contributed by atoms with van der Waals surface area (Å²) in [6.45, 7) is 2.40. The molecule has 0 atom stereocenters. The molecule has 0 saturated heterocycles. The second-order valence-electron chi connectivity index (χ2n) is 4.96. The molecule has 0 aliphatic rings. The predicted molar refractivity (Wildman–Crippen MR) is 89.4 cm³/mol. The summed E-state index contributed by atoms with van der Waals surface area (Å²) in [5.41, 5.74) is 9.28. The van der Waals surface area contributed by atoms with Gasteiger partial charge in [0.2, 0.25) is 0 Å². The highest BCUT2D eigenvalue weighted by Crippen LogP contribution is 2.27. The second kappa shape index (κ2) is 6.08. The smallest absolute Gasteiger partial charge is 0.183 e. The Morgan fingerprint density at radius 1 is 1.09 bits per heavy atom. The number of benzene rings is 2. The summed E-state index contributed by atoms with van der Waals surface area (Å²) in [5, 5.41) is 5.77. The van der Waals surface area contributed by atoms with Gasteiger partial charge in [-0.2, -0.15) is 0 Å². The molecule has 3 aromatic rings. The molecule has 0 spiro atoms. The molecule has 0 bridgehead atoms. The molecule has 0 radical (unpaired) electrons. The van der Waals surface area contributed by atoms with Gasteiger partial charge in [-0.3, -0.25) is 0 Å². The lowest BCUT2D eigenvalue weighted by Gasteiger charge is -2.04. The van der Waals surface area contributed by atoms with Crippen LogP contribution in [-0.4, -0.2) is 14.8 Å². The number of aryl methyl sites for hydroxylation is 1. The molecule has 22 heavy (non-hydrogen) atoms. The monoisotopic (exact) mass is 332 g/mol. The minimum atomic E-state index is 0.443. The van der Waals surface area contributed by atoms with Crippen LogP contribution in [0.25, 0.3) is 17.1 Å². The van der Waals surface area contributed by atoms with Gasteiger partial charge in [0.1, 0.15) is 6.33 Å². The van der Waals surface area contributed by atoms with Crippen molar-refractivity contribution in [3.05, 3.63) is 63.9 Å². The van der Waals surface area contributed by atoms with Crippen molar-refractivity contribution < 1.29 is 0 Å². The van der Waals surface area contributed by atoms with Gasteiger partial charge in [0.05, 0.1) is 10.7 Å². The lowest BCUT2D eigenvalue weighted by Crippen LogP contribution is -1.98. The molecule has 1 heterocycles. The van der Waals surface area contributed by atoms with Gasteiger partial charge >= 0.3 is 0 Å². The van der Waals surface area contributed by atoms with Gasteiger partial charge in [0.25, 0.3) is 0 Å². The number of nitrogens with two attached hydrogens (primary N) is 1. The van der Waals surface area contributed by atoms with Gasteiger partial charge in [0, 0.05) is 17.1 Å². The van der Waals surface area contributed by atoms with E-state index >= 15 is 0 Å². The maximum atomic E-state index is 6.24. The molecular weight excluding hydrogens is 319 g/mol. The van der Waals surface area contributed by atoms with Crippen LogP contribution in [0.4, 0.5) is 0 Å². The minimum Gasteiger partial charge on any atom is -0.326 e. The lowest BCUT2D eigenvalue weighted by atomic mass is 10.1. The minimum absolute atomic E-state index is 0.443. The fourth-order valence-electron chi connectivity index (χ4n) is 2.11. The highest BCUT2D eigenvalue weighted by molar-refractivity contribution is 6.33. The number of rotatable bonds is 3. The quantitative estimate of drug-likeness (QED) is 0.788. The average molecular weight is 333 g/mol. The van der Waals surface area contributed by atoms with Crippen molar-refractivity contribution in [3.8, 4) is 17.1 Å². The van der Waals surface area contributed by atoms with Gasteiger partial charge in [-0.05, 0) is 42.3 Å². The van der Waals surface area contributed by atoms with Gasteiger partial charge < -0.3 is 5.73 Å². The zero-order valence-electron chi connectivity index (χ0n) is 11.9. The van der Waals surface area contributed by atoms with Crippen LogP contribution in [-0.2, 0) is 6.54 Å². The Balaban J connectivity index is 2.02. The van der Waals surface area contributed by atoms with Crippen molar-refractivity contribution in [2.45, 2.75) is 13.5 Å². The molecule has 0 amide bonds. The van der Waals surface area contributed by atoms with E-state index in [0.29, 0.717) is 22.4 Å². The summed E-state index contributed by atoms with van der Waals surface area (Å²) >= 11 is 12.4. The standard InChI is InChI=1S/C16H14Cl2N4/c1-10-2-4-12(7-15(10)18)22-9-20-16(21-22)13-6-11(8-19)3-5-14(13)17/h2-7,9H,8,19H2,1H3. The molecule has 0 fully saturated rings. The van der Waals surface area contributed by atoms with Crippen LogP contribution >= 0.6 is 23.2 Å². The van der Waals surface area contributed by atoms with Crippen LogP contribution in [0.15, 0.2) is 42.7 Å². The fourth-order valence-corrected chi connectivity index (χ4v) is 2.48. The zero-order chi connectivity index (χ0) is 15.7. The maximum absolute atomic E-state index is 6.24. The van der Waals surface area contributed by atoms with Crippen LogP contribution in [0.1, 0.15) is 11.1 Å². The van der Waals surface area contributed by atoms with Crippen LogP contribution in [0, 0.1) is 6.92 Å². The lowest BCUT2D eigenvalue weighted by molar-refractivity contribution is 0.881. The van der Waals surface area contributed by atoms with E-state index in [-0.39, 0.29) is 0 Å². The first-order valence-corrected chi connectivity index (χ1v) is 7.51. The van der Waals surface area contributed by atoms with Crippen molar-refractivity contribution in [2.75, 3.05) is 0 Å². The van der Waals surface area contributed by atoms with Gasteiger partial charge in [0.15, 0.2) is 5.82 Å². The molecule has 3 rings (SSSR count). The topological polar surface area (TPSA) is 56.7 Å². The third-order valence-corrected chi connectivity index (χ3v) is 4.16. The SMILES string of the molecule is Cc1ccc(-n2cnc(-c3cc(CN)ccc3Cl)n2)cc1Cl. The van der Waals surface area contributed by atoms with E-state index in [4.69, 9.17) is 28.9 Å². The molecule has 0 unspecified atom stereocenters. The Hall–Kier alpha value is -1.88. The second-order valence-corrected chi connectivity index (χ2v) is 5.78. The van der Waals surface area contributed by atoms with Crippen molar-refractivity contribution in [3.63, 3.8) is 0 Å². The van der Waals surface area contributed by atoms with E-state index < -0.39 is 0 Å². The Bertz CT molecular complexity index is 827. The van der Waals surface area contributed by atoms with Crippen molar-refractivity contribution in [1.29, 1.82) is 0 Å². The van der Waals surface area contributed by atoms with E-state index in [1.165, 1.54) is 0 Å². The maximum Gasteiger partial charge on any atom is 0.183 e. The molecule has 4 nitrogen and oxygen atoms in total. The first-order valence-electron chi connectivity index (χ1n) is 6.75. The summed E-state index contributed by atoms with van der Waals surface area (Å²) in [6, 6.07) is 11.3. The Morgan fingerprint density at radius 2 is 1.91 bits per heavy atom. The predicted octanol–water partition coefficient (Wildman–Crippen LogP) is 4.01. The van der Waals surface area contributed by atoms with Gasteiger partial charge in [-0.1, -0.05) is 35.3 Å².